The zero-order chi connectivity index (χ0) is 22.5. The van der Waals surface area contributed by atoms with E-state index in [0.29, 0.717) is 24.1 Å². The van der Waals surface area contributed by atoms with Crippen molar-refractivity contribution in [1.29, 1.82) is 0 Å². The summed E-state index contributed by atoms with van der Waals surface area (Å²) in [6.07, 6.45) is 5.94. The lowest BCUT2D eigenvalue weighted by atomic mass is 10.1. The fourth-order valence-corrected chi connectivity index (χ4v) is 4.65. The lowest BCUT2D eigenvalue weighted by Crippen LogP contribution is -2.39. The zero-order valence-corrected chi connectivity index (χ0v) is 19.3. The van der Waals surface area contributed by atoms with E-state index in [-0.39, 0.29) is 0 Å². The number of hydrogen-bond acceptors (Lipinski definition) is 7. The summed E-state index contributed by atoms with van der Waals surface area (Å²) in [4.78, 5) is 12.3. The molecule has 3 heterocycles. The number of rotatable bonds is 7. The van der Waals surface area contributed by atoms with Crippen LogP contribution in [-0.2, 0) is 6.61 Å². The summed E-state index contributed by atoms with van der Waals surface area (Å²) >= 11 is 0. The molecule has 2 fully saturated rings. The van der Waals surface area contributed by atoms with Crippen LogP contribution in [0.4, 0.5) is 11.8 Å². The molecule has 1 atom stereocenters. The second-order valence-electron chi connectivity index (χ2n) is 8.90. The average Bonchev–Trinajstić information content (AvgIpc) is 2.88. The second kappa shape index (κ2) is 10.3. The molecule has 7 heteroatoms. The number of piperidine rings is 2. The molecule has 2 saturated heterocycles. The lowest BCUT2D eigenvalue weighted by Gasteiger charge is -2.29. The second-order valence-corrected chi connectivity index (χ2v) is 8.90. The number of methoxy groups -OCH3 is 1. The van der Waals surface area contributed by atoms with Gasteiger partial charge in [-0.1, -0.05) is 30.3 Å². The molecule has 0 unspecified atom stereocenters. The van der Waals surface area contributed by atoms with Gasteiger partial charge in [0.1, 0.15) is 12.4 Å². The fourth-order valence-electron chi connectivity index (χ4n) is 4.65. The Morgan fingerprint density at radius 2 is 1.88 bits per heavy atom. The highest BCUT2D eigenvalue weighted by molar-refractivity contribution is 5.93. The molecule has 3 aromatic rings. The summed E-state index contributed by atoms with van der Waals surface area (Å²) in [5, 5.41) is 8.14. The highest BCUT2D eigenvalue weighted by atomic mass is 16.5. The SMILES string of the molecule is COc1cc2c(N[C@@H]3CCCNC3)nc(N3CCCCC3)nc2cc1OCc1ccccc1. The quantitative estimate of drug-likeness (QED) is 0.557. The third-order valence-electron chi connectivity index (χ3n) is 6.48. The number of benzene rings is 2. The minimum atomic E-state index is 0.353. The Hall–Kier alpha value is -3.06. The minimum Gasteiger partial charge on any atom is -0.493 e. The molecule has 2 N–H and O–H groups in total. The summed E-state index contributed by atoms with van der Waals surface area (Å²) in [6.45, 7) is 4.51. The highest BCUT2D eigenvalue weighted by Crippen LogP contribution is 2.36. The Labute approximate surface area is 195 Å². The van der Waals surface area contributed by atoms with E-state index in [1.54, 1.807) is 7.11 Å². The first-order valence-electron chi connectivity index (χ1n) is 12.1. The van der Waals surface area contributed by atoms with Crippen molar-refractivity contribution in [3.05, 3.63) is 48.0 Å². The first kappa shape index (κ1) is 21.8. The number of anilines is 2. The number of nitrogens with one attached hydrogen (secondary N) is 2. The molecule has 0 bridgehead atoms. The predicted molar refractivity (Wildman–Crippen MR) is 132 cm³/mol. The Morgan fingerprint density at radius 1 is 1.03 bits per heavy atom. The van der Waals surface area contributed by atoms with Gasteiger partial charge >= 0.3 is 0 Å². The van der Waals surface area contributed by atoms with Crippen molar-refractivity contribution in [3.8, 4) is 11.5 Å². The number of ether oxygens (including phenoxy) is 2. The van der Waals surface area contributed by atoms with Crippen molar-refractivity contribution >= 4 is 22.7 Å². The van der Waals surface area contributed by atoms with Crippen LogP contribution in [-0.4, -0.2) is 49.3 Å². The van der Waals surface area contributed by atoms with E-state index in [1.807, 2.05) is 30.3 Å². The van der Waals surface area contributed by atoms with Gasteiger partial charge in [0.2, 0.25) is 5.95 Å². The van der Waals surface area contributed by atoms with Gasteiger partial charge in [0.05, 0.1) is 12.6 Å². The molecule has 0 saturated carbocycles. The van der Waals surface area contributed by atoms with Crippen LogP contribution >= 0.6 is 0 Å². The normalized spacial score (nSPS) is 18.8. The van der Waals surface area contributed by atoms with Gasteiger partial charge in [-0.3, -0.25) is 0 Å². The van der Waals surface area contributed by atoms with Gasteiger partial charge in [0.25, 0.3) is 0 Å². The molecule has 33 heavy (non-hydrogen) atoms. The Morgan fingerprint density at radius 3 is 2.64 bits per heavy atom. The van der Waals surface area contributed by atoms with E-state index in [2.05, 4.69) is 27.7 Å². The number of aromatic nitrogens is 2. The molecular formula is C26H33N5O2. The summed E-state index contributed by atoms with van der Waals surface area (Å²) in [6, 6.07) is 14.5. The molecule has 7 nitrogen and oxygen atoms in total. The molecule has 0 radical (unpaired) electrons. The standard InChI is InChI=1S/C26H33N5O2/c1-32-23-15-21-22(16-24(23)33-18-19-9-4-2-5-10-19)29-26(31-13-6-3-7-14-31)30-25(21)28-20-11-8-12-27-17-20/h2,4-5,9-10,15-16,20,27H,3,6-8,11-14,17-18H2,1H3,(H,28,29,30)/t20-/m1/s1. The maximum atomic E-state index is 6.17. The molecule has 2 aliphatic rings. The maximum Gasteiger partial charge on any atom is 0.227 e. The van der Waals surface area contributed by atoms with E-state index in [0.717, 1.165) is 60.8 Å². The molecule has 1 aromatic heterocycles. The van der Waals surface area contributed by atoms with Gasteiger partial charge < -0.3 is 25.0 Å². The summed E-state index contributed by atoms with van der Waals surface area (Å²) in [5.74, 6) is 3.06. The predicted octanol–water partition coefficient (Wildman–Crippen LogP) is 4.37. The lowest BCUT2D eigenvalue weighted by molar-refractivity contribution is 0.285. The van der Waals surface area contributed by atoms with E-state index in [1.165, 1.54) is 25.7 Å². The molecule has 0 amide bonds. The van der Waals surface area contributed by atoms with Crippen LogP contribution in [0.1, 0.15) is 37.7 Å². The van der Waals surface area contributed by atoms with Crippen LogP contribution < -0.4 is 25.0 Å². The van der Waals surface area contributed by atoms with Gasteiger partial charge in [0.15, 0.2) is 11.5 Å². The van der Waals surface area contributed by atoms with Gasteiger partial charge in [0, 0.05) is 37.1 Å². The maximum absolute atomic E-state index is 6.17. The topological polar surface area (TPSA) is 71.5 Å². The Balaban J connectivity index is 1.51. The van der Waals surface area contributed by atoms with E-state index < -0.39 is 0 Å². The van der Waals surface area contributed by atoms with Crippen LogP contribution in [0.25, 0.3) is 10.9 Å². The van der Waals surface area contributed by atoms with Crippen molar-refractivity contribution < 1.29 is 9.47 Å². The van der Waals surface area contributed by atoms with Crippen LogP contribution in [0.5, 0.6) is 11.5 Å². The summed E-state index contributed by atoms with van der Waals surface area (Å²) in [5.41, 5.74) is 1.99. The average molecular weight is 448 g/mol. The number of hydrogen-bond donors (Lipinski definition) is 2. The highest BCUT2D eigenvalue weighted by Gasteiger charge is 2.21. The van der Waals surface area contributed by atoms with Crippen molar-refractivity contribution in [2.75, 3.05) is 43.5 Å². The van der Waals surface area contributed by atoms with E-state index >= 15 is 0 Å². The minimum absolute atomic E-state index is 0.353. The first-order chi connectivity index (χ1) is 16.3. The molecular weight excluding hydrogens is 414 g/mol. The van der Waals surface area contributed by atoms with Crippen molar-refractivity contribution in [1.82, 2.24) is 15.3 Å². The van der Waals surface area contributed by atoms with Crippen LogP contribution in [0, 0.1) is 0 Å². The van der Waals surface area contributed by atoms with E-state index in [4.69, 9.17) is 19.4 Å². The van der Waals surface area contributed by atoms with Gasteiger partial charge in [-0.2, -0.15) is 4.98 Å². The summed E-state index contributed by atoms with van der Waals surface area (Å²) in [7, 11) is 1.68. The monoisotopic (exact) mass is 447 g/mol. The molecule has 2 aliphatic heterocycles. The van der Waals surface area contributed by atoms with Crippen molar-refractivity contribution in [2.24, 2.45) is 0 Å². The molecule has 0 aliphatic carbocycles. The number of nitrogens with zero attached hydrogens (tertiary/aromatic N) is 3. The van der Waals surface area contributed by atoms with Crippen molar-refractivity contribution in [2.45, 2.75) is 44.8 Å². The van der Waals surface area contributed by atoms with Crippen molar-refractivity contribution in [3.63, 3.8) is 0 Å². The van der Waals surface area contributed by atoms with E-state index in [9.17, 15) is 0 Å². The zero-order valence-electron chi connectivity index (χ0n) is 19.3. The third-order valence-corrected chi connectivity index (χ3v) is 6.48. The smallest absolute Gasteiger partial charge is 0.227 e. The van der Waals surface area contributed by atoms with Gasteiger partial charge in [-0.25, -0.2) is 4.98 Å². The van der Waals surface area contributed by atoms with Crippen LogP contribution in [0.2, 0.25) is 0 Å². The van der Waals surface area contributed by atoms with Gasteiger partial charge in [-0.15, -0.1) is 0 Å². The molecule has 0 spiro atoms. The van der Waals surface area contributed by atoms with Gasteiger partial charge in [-0.05, 0) is 50.3 Å². The number of fused-ring (bicyclic) bond motifs is 1. The third kappa shape index (κ3) is 5.14. The van der Waals surface area contributed by atoms with Crippen LogP contribution in [0.3, 0.4) is 0 Å². The first-order valence-corrected chi connectivity index (χ1v) is 12.1. The summed E-state index contributed by atoms with van der Waals surface area (Å²) < 4.78 is 11.9. The largest absolute Gasteiger partial charge is 0.493 e. The molecule has 5 rings (SSSR count). The van der Waals surface area contributed by atoms with Crippen LogP contribution in [0.15, 0.2) is 42.5 Å². The molecule has 174 valence electrons. The Bertz CT molecular complexity index is 1060. The fraction of sp³-hybridized carbons (Fsp3) is 0.462. The Kier molecular flexibility index (Phi) is 6.76. The molecule has 2 aromatic carbocycles.